The molecule has 3 N–H and O–H groups in total. The summed E-state index contributed by atoms with van der Waals surface area (Å²) in [5.41, 5.74) is 5.37. The molecular formula is C17H30N2O. The summed E-state index contributed by atoms with van der Waals surface area (Å²) in [6, 6.07) is 0. The largest absolute Gasteiger partial charge is 0.294 e. The molecule has 3 heteroatoms. The maximum absolute atomic E-state index is 11.3. The molecule has 0 aliphatic heterocycles. The molecule has 1 aliphatic rings. The van der Waals surface area contributed by atoms with Crippen LogP contribution in [0.2, 0.25) is 0 Å². The molecule has 1 amide bonds. The number of hydrogen-bond donors (Lipinski definition) is 2. The number of rotatable bonds is 3. The maximum atomic E-state index is 11.3. The van der Waals surface area contributed by atoms with Crippen molar-refractivity contribution in [2.75, 3.05) is 0 Å². The minimum absolute atomic E-state index is 0.102. The third-order valence-electron chi connectivity index (χ3n) is 4.09. The van der Waals surface area contributed by atoms with Gasteiger partial charge in [-0.3, -0.25) is 10.2 Å². The lowest BCUT2D eigenvalue weighted by Crippen LogP contribution is -2.30. The highest BCUT2D eigenvalue weighted by atomic mass is 16.2. The molecule has 1 unspecified atom stereocenters. The Kier molecular flexibility index (Phi) is 5.20. The van der Waals surface area contributed by atoms with Gasteiger partial charge in [0.05, 0.1) is 0 Å². The molecule has 0 bridgehead atoms. The van der Waals surface area contributed by atoms with Gasteiger partial charge in [-0.05, 0) is 29.6 Å². The number of carbonyl (C=O) groups is 1. The molecule has 3 nitrogen and oxygen atoms in total. The summed E-state index contributed by atoms with van der Waals surface area (Å²) in [7, 11) is 0. The molecule has 0 saturated heterocycles. The Morgan fingerprint density at radius 3 is 2.35 bits per heavy atom. The highest BCUT2D eigenvalue weighted by molar-refractivity contribution is 5.75. The first-order valence-electron chi connectivity index (χ1n) is 7.45. The van der Waals surface area contributed by atoms with Gasteiger partial charge in [0, 0.05) is 6.42 Å². The second-order valence-electron chi connectivity index (χ2n) is 7.91. The predicted molar refractivity (Wildman–Crippen MR) is 84.7 cm³/mol. The Bertz CT molecular complexity index is 419. The van der Waals surface area contributed by atoms with Crippen LogP contribution in [0.15, 0.2) is 23.3 Å². The monoisotopic (exact) mass is 278 g/mol. The molecule has 1 rings (SSSR count). The minimum Gasteiger partial charge on any atom is -0.294 e. The summed E-state index contributed by atoms with van der Waals surface area (Å²) in [5, 5.41) is 0. The normalized spacial score (nSPS) is 20.2. The fraction of sp³-hybridized carbons (Fsp3) is 0.706. The molecule has 0 fully saturated rings. The molecule has 114 valence electrons. The van der Waals surface area contributed by atoms with Crippen LogP contribution in [0, 0.1) is 16.7 Å². The van der Waals surface area contributed by atoms with Crippen molar-refractivity contribution < 1.29 is 4.79 Å². The van der Waals surface area contributed by atoms with Crippen LogP contribution in [0.5, 0.6) is 0 Å². The fourth-order valence-corrected chi connectivity index (χ4v) is 2.45. The molecule has 1 atom stereocenters. The van der Waals surface area contributed by atoms with Gasteiger partial charge in [-0.1, -0.05) is 64.8 Å². The van der Waals surface area contributed by atoms with E-state index in [0.29, 0.717) is 12.3 Å². The fourth-order valence-electron chi connectivity index (χ4n) is 2.45. The highest BCUT2D eigenvalue weighted by Gasteiger charge is 2.30. The molecule has 0 heterocycles. The summed E-state index contributed by atoms with van der Waals surface area (Å²) in [6.07, 6.45) is 6.95. The van der Waals surface area contributed by atoms with E-state index in [9.17, 15) is 4.79 Å². The maximum Gasteiger partial charge on any atom is 0.234 e. The van der Waals surface area contributed by atoms with Crippen LogP contribution in [0.25, 0.3) is 0 Å². The lowest BCUT2D eigenvalue weighted by molar-refractivity contribution is -0.121. The molecule has 0 spiro atoms. The van der Waals surface area contributed by atoms with Crippen LogP contribution in [-0.4, -0.2) is 5.91 Å². The van der Waals surface area contributed by atoms with Crippen molar-refractivity contribution in [3.63, 3.8) is 0 Å². The van der Waals surface area contributed by atoms with E-state index in [1.54, 1.807) is 0 Å². The average Bonchev–Trinajstić information content (AvgIpc) is 2.33. The third-order valence-corrected chi connectivity index (χ3v) is 4.09. The minimum atomic E-state index is -0.102. The van der Waals surface area contributed by atoms with Crippen LogP contribution in [0.3, 0.4) is 0 Å². The van der Waals surface area contributed by atoms with Gasteiger partial charge in [-0.2, -0.15) is 0 Å². The number of nitrogens with two attached hydrogens (primary N) is 1. The molecule has 0 aromatic rings. The molecule has 0 saturated carbocycles. The van der Waals surface area contributed by atoms with Crippen molar-refractivity contribution in [3.8, 4) is 0 Å². The molecule has 0 aromatic heterocycles. The highest BCUT2D eigenvalue weighted by Crippen LogP contribution is 2.42. The number of allylic oxidation sites excluding steroid dienone is 4. The second kappa shape index (κ2) is 6.13. The molecule has 1 aliphatic carbocycles. The van der Waals surface area contributed by atoms with E-state index in [1.807, 2.05) is 0 Å². The van der Waals surface area contributed by atoms with Gasteiger partial charge in [-0.25, -0.2) is 5.84 Å². The first kappa shape index (κ1) is 17.0. The zero-order valence-electron chi connectivity index (χ0n) is 13.8. The van der Waals surface area contributed by atoms with Crippen LogP contribution in [0.1, 0.15) is 60.8 Å². The van der Waals surface area contributed by atoms with Crippen LogP contribution >= 0.6 is 0 Å². The van der Waals surface area contributed by atoms with E-state index < -0.39 is 0 Å². The van der Waals surface area contributed by atoms with E-state index in [-0.39, 0.29) is 16.7 Å². The zero-order chi connectivity index (χ0) is 15.6. The lowest BCUT2D eigenvalue weighted by atomic mass is 9.69. The van der Waals surface area contributed by atoms with Crippen molar-refractivity contribution in [2.24, 2.45) is 22.6 Å². The first-order chi connectivity index (χ1) is 9.04. The summed E-state index contributed by atoms with van der Waals surface area (Å²) in [4.78, 5) is 11.3. The van der Waals surface area contributed by atoms with Crippen molar-refractivity contribution in [1.82, 2.24) is 5.43 Å². The molecular weight excluding hydrogens is 248 g/mol. The lowest BCUT2D eigenvalue weighted by Gasteiger charge is -2.36. The van der Waals surface area contributed by atoms with Crippen LogP contribution in [0.4, 0.5) is 0 Å². The molecule has 0 aromatic carbocycles. The van der Waals surface area contributed by atoms with Gasteiger partial charge < -0.3 is 0 Å². The third kappa shape index (κ3) is 4.78. The number of amides is 1. The van der Waals surface area contributed by atoms with Gasteiger partial charge in [0.1, 0.15) is 0 Å². The van der Waals surface area contributed by atoms with E-state index in [4.69, 9.17) is 5.84 Å². The molecule has 0 radical (unpaired) electrons. The Labute approximate surface area is 123 Å². The number of hydrazine groups is 1. The second-order valence-corrected chi connectivity index (χ2v) is 7.91. The predicted octanol–water partition coefficient (Wildman–Crippen LogP) is 3.72. The quantitative estimate of drug-likeness (QED) is 0.469. The van der Waals surface area contributed by atoms with Crippen molar-refractivity contribution in [2.45, 2.75) is 60.8 Å². The summed E-state index contributed by atoms with van der Waals surface area (Å²) in [5.74, 6) is 5.57. The topological polar surface area (TPSA) is 55.1 Å². The van der Waals surface area contributed by atoms with E-state index >= 15 is 0 Å². The van der Waals surface area contributed by atoms with Gasteiger partial charge in [0.15, 0.2) is 0 Å². The van der Waals surface area contributed by atoms with Gasteiger partial charge in [0.25, 0.3) is 0 Å². The molecule has 20 heavy (non-hydrogen) atoms. The van der Waals surface area contributed by atoms with E-state index in [2.05, 4.69) is 59.1 Å². The Morgan fingerprint density at radius 1 is 1.30 bits per heavy atom. The smallest absolute Gasteiger partial charge is 0.234 e. The van der Waals surface area contributed by atoms with Crippen molar-refractivity contribution in [1.29, 1.82) is 0 Å². The Morgan fingerprint density at radius 2 is 1.90 bits per heavy atom. The van der Waals surface area contributed by atoms with Gasteiger partial charge >= 0.3 is 0 Å². The van der Waals surface area contributed by atoms with Crippen molar-refractivity contribution in [3.05, 3.63) is 23.3 Å². The Balaban J connectivity index is 2.94. The number of hydrogen-bond acceptors (Lipinski definition) is 2. The van der Waals surface area contributed by atoms with Gasteiger partial charge in [-0.15, -0.1) is 0 Å². The van der Waals surface area contributed by atoms with Crippen LogP contribution < -0.4 is 11.3 Å². The number of nitrogens with one attached hydrogen (secondary N) is 1. The SMILES string of the molecule is CC(C)(C)C1=CC(CCC(=O)NN)=CC(C(C)(C)C)C1. The summed E-state index contributed by atoms with van der Waals surface area (Å²) < 4.78 is 0. The summed E-state index contributed by atoms with van der Waals surface area (Å²) >= 11 is 0. The average molecular weight is 278 g/mol. The Hall–Kier alpha value is -1.09. The van der Waals surface area contributed by atoms with E-state index in [1.165, 1.54) is 11.1 Å². The van der Waals surface area contributed by atoms with E-state index in [0.717, 1.165) is 12.8 Å². The zero-order valence-corrected chi connectivity index (χ0v) is 13.8. The first-order valence-corrected chi connectivity index (χ1v) is 7.45. The standard InChI is InChI=1S/C17H30N2O/c1-16(2,3)13-9-12(7-8-15(20)19-18)10-14(11-13)17(4,5)6/h9-10,13H,7-8,11,18H2,1-6H3,(H,19,20). The van der Waals surface area contributed by atoms with Crippen molar-refractivity contribution >= 4 is 5.91 Å². The summed E-state index contributed by atoms with van der Waals surface area (Å²) in [6.45, 7) is 13.6. The van der Waals surface area contributed by atoms with Gasteiger partial charge in [0.2, 0.25) is 5.91 Å². The number of carbonyl (C=O) groups excluding carboxylic acids is 1. The van der Waals surface area contributed by atoms with Crippen LogP contribution in [-0.2, 0) is 4.79 Å².